The number of hydrogen-bond donors (Lipinski definition) is 1. The van der Waals surface area contributed by atoms with E-state index in [9.17, 15) is 0 Å². The second-order valence-corrected chi connectivity index (χ2v) is 6.45. The Labute approximate surface area is 122 Å². The van der Waals surface area contributed by atoms with E-state index in [1.807, 2.05) is 13.8 Å². The van der Waals surface area contributed by atoms with Gasteiger partial charge in [0.05, 0.1) is 10.6 Å². The van der Waals surface area contributed by atoms with Crippen LogP contribution in [0.25, 0.3) is 11.5 Å². The third-order valence-electron chi connectivity index (χ3n) is 4.19. The molecule has 0 saturated heterocycles. The minimum atomic E-state index is -0.518. The molecule has 1 aliphatic carbocycles. The number of anilines is 1. The van der Waals surface area contributed by atoms with Crippen molar-refractivity contribution in [2.24, 2.45) is 0 Å². The van der Waals surface area contributed by atoms with Crippen LogP contribution in [0.3, 0.4) is 0 Å². The van der Waals surface area contributed by atoms with Gasteiger partial charge < -0.3 is 15.0 Å². The second-order valence-electron chi connectivity index (χ2n) is 5.31. The highest BCUT2D eigenvalue weighted by Crippen LogP contribution is 2.43. The van der Waals surface area contributed by atoms with E-state index in [0.29, 0.717) is 11.7 Å². The number of methoxy groups -OCH3 is 1. The minimum absolute atomic E-state index is 0.518. The molecule has 1 unspecified atom stereocenters. The molecule has 5 nitrogen and oxygen atoms in total. The second kappa shape index (κ2) is 4.86. The van der Waals surface area contributed by atoms with Crippen molar-refractivity contribution >= 4 is 16.3 Å². The first-order valence-electron chi connectivity index (χ1n) is 6.88. The number of nitrogens with two attached hydrogens (primary N) is 1. The van der Waals surface area contributed by atoms with Crippen LogP contribution in [0, 0.1) is 0 Å². The van der Waals surface area contributed by atoms with Crippen molar-refractivity contribution in [3.05, 3.63) is 16.3 Å². The van der Waals surface area contributed by atoms with E-state index in [4.69, 9.17) is 15.0 Å². The van der Waals surface area contributed by atoms with Crippen molar-refractivity contribution in [3.8, 4) is 11.5 Å². The first-order chi connectivity index (χ1) is 9.59. The van der Waals surface area contributed by atoms with Gasteiger partial charge >= 0.3 is 0 Å². The van der Waals surface area contributed by atoms with E-state index >= 15 is 0 Å². The summed E-state index contributed by atoms with van der Waals surface area (Å²) in [6.07, 6.45) is 4.11. The summed E-state index contributed by atoms with van der Waals surface area (Å²) in [7, 11) is 1.66. The molecule has 0 saturated carbocycles. The highest BCUT2D eigenvalue weighted by atomic mass is 32.1. The molecule has 6 heteroatoms. The normalized spacial score (nSPS) is 17.1. The lowest BCUT2D eigenvalue weighted by Gasteiger charge is -2.21. The van der Waals surface area contributed by atoms with Crippen LogP contribution in [0.15, 0.2) is 4.52 Å². The number of aryl methyl sites for hydroxylation is 1. The molecule has 108 valence electrons. The van der Waals surface area contributed by atoms with Crippen LogP contribution in [0.1, 0.15) is 43.0 Å². The fourth-order valence-corrected chi connectivity index (χ4v) is 3.75. The number of aromatic nitrogens is 2. The minimum Gasteiger partial charge on any atom is -0.390 e. The SMILES string of the molecule is CCC(C)(OC)c1noc(-c2c(N)sc3c2CCC3)n1. The van der Waals surface area contributed by atoms with Gasteiger partial charge in [0.1, 0.15) is 5.60 Å². The molecule has 0 spiro atoms. The maximum absolute atomic E-state index is 6.13. The molecule has 1 atom stereocenters. The van der Waals surface area contributed by atoms with Crippen molar-refractivity contribution in [1.29, 1.82) is 0 Å². The molecule has 1 aliphatic rings. The molecule has 0 radical (unpaired) electrons. The van der Waals surface area contributed by atoms with Crippen molar-refractivity contribution in [1.82, 2.24) is 10.1 Å². The standard InChI is InChI=1S/C14H19N3O2S/c1-4-14(2,18-3)13-16-12(19-17-13)10-8-6-5-7-9(8)20-11(10)15/h4-7,15H2,1-3H3. The third kappa shape index (κ3) is 1.94. The number of thiophene rings is 1. The van der Waals surface area contributed by atoms with Crippen LogP contribution < -0.4 is 5.73 Å². The van der Waals surface area contributed by atoms with Gasteiger partial charge in [-0.1, -0.05) is 12.1 Å². The summed E-state index contributed by atoms with van der Waals surface area (Å²) in [5, 5.41) is 4.87. The summed E-state index contributed by atoms with van der Waals surface area (Å²) in [4.78, 5) is 5.89. The topological polar surface area (TPSA) is 74.2 Å². The van der Waals surface area contributed by atoms with Crippen LogP contribution in [0.2, 0.25) is 0 Å². The summed E-state index contributed by atoms with van der Waals surface area (Å²) >= 11 is 1.65. The van der Waals surface area contributed by atoms with Gasteiger partial charge in [-0.2, -0.15) is 4.98 Å². The van der Waals surface area contributed by atoms with Crippen molar-refractivity contribution in [3.63, 3.8) is 0 Å². The number of ether oxygens (including phenoxy) is 1. The average molecular weight is 293 g/mol. The predicted octanol–water partition coefficient (Wildman–Crippen LogP) is 3.14. The van der Waals surface area contributed by atoms with Gasteiger partial charge in [0, 0.05) is 12.0 Å². The number of hydrogen-bond acceptors (Lipinski definition) is 6. The predicted molar refractivity (Wildman–Crippen MR) is 78.7 cm³/mol. The number of fused-ring (bicyclic) bond motifs is 1. The largest absolute Gasteiger partial charge is 0.390 e. The molecule has 0 bridgehead atoms. The number of rotatable bonds is 4. The Morgan fingerprint density at radius 1 is 1.45 bits per heavy atom. The molecule has 0 amide bonds. The van der Waals surface area contributed by atoms with E-state index in [2.05, 4.69) is 10.1 Å². The third-order valence-corrected chi connectivity index (χ3v) is 5.31. The first-order valence-corrected chi connectivity index (χ1v) is 7.70. The van der Waals surface area contributed by atoms with Crippen LogP contribution in [0.5, 0.6) is 0 Å². The van der Waals surface area contributed by atoms with Gasteiger partial charge in [-0.3, -0.25) is 0 Å². The van der Waals surface area contributed by atoms with E-state index in [1.165, 1.54) is 16.9 Å². The lowest BCUT2D eigenvalue weighted by atomic mass is 10.0. The Kier molecular flexibility index (Phi) is 3.30. The fourth-order valence-electron chi connectivity index (χ4n) is 2.59. The summed E-state index contributed by atoms with van der Waals surface area (Å²) in [6, 6.07) is 0. The molecule has 0 fully saturated rings. The molecule has 20 heavy (non-hydrogen) atoms. The van der Waals surface area contributed by atoms with Crippen LogP contribution >= 0.6 is 11.3 Å². The fraction of sp³-hybridized carbons (Fsp3) is 0.571. The van der Waals surface area contributed by atoms with Gasteiger partial charge in [0.15, 0.2) is 0 Å². The molecular formula is C14H19N3O2S. The smallest absolute Gasteiger partial charge is 0.261 e. The summed E-state index contributed by atoms with van der Waals surface area (Å²) < 4.78 is 11.0. The lowest BCUT2D eigenvalue weighted by molar-refractivity contribution is -0.0106. The molecule has 2 aromatic rings. The zero-order valence-electron chi connectivity index (χ0n) is 12.0. The highest BCUT2D eigenvalue weighted by Gasteiger charge is 2.32. The molecule has 0 aromatic carbocycles. The van der Waals surface area contributed by atoms with Crippen molar-refractivity contribution < 1.29 is 9.26 Å². The molecule has 3 rings (SSSR count). The maximum Gasteiger partial charge on any atom is 0.261 e. The average Bonchev–Trinajstić information content (AvgIpc) is 3.13. The first kappa shape index (κ1) is 13.6. The Morgan fingerprint density at radius 3 is 2.95 bits per heavy atom. The van der Waals surface area contributed by atoms with Gasteiger partial charge in [0.2, 0.25) is 5.82 Å². The van der Waals surface area contributed by atoms with E-state index in [0.717, 1.165) is 29.8 Å². The summed E-state index contributed by atoms with van der Waals surface area (Å²) in [5.41, 5.74) is 7.84. The van der Waals surface area contributed by atoms with Gasteiger partial charge in [-0.05, 0) is 38.2 Å². The van der Waals surface area contributed by atoms with Crippen molar-refractivity contribution in [2.75, 3.05) is 12.8 Å². The molecule has 2 N–H and O–H groups in total. The lowest BCUT2D eigenvalue weighted by Crippen LogP contribution is -2.24. The monoisotopic (exact) mass is 293 g/mol. The summed E-state index contributed by atoms with van der Waals surface area (Å²) in [5.74, 6) is 1.10. The summed E-state index contributed by atoms with van der Waals surface area (Å²) in [6.45, 7) is 4.00. The highest BCUT2D eigenvalue weighted by molar-refractivity contribution is 7.16. The maximum atomic E-state index is 6.13. The van der Waals surface area contributed by atoms with Gasteiger partial charge in [-0.15, -0.1) is 11.3 Å². The molecule has 2 aromatic heterocycles. The Hall–Kier alpha value is -1.40. The van der Waals surface area contributed by atoms with Crippen LogP contribution in [0.4, 0.5) is 5.00 Å². The van der Waals surface area contributed by atoms with Crippen LogP contribution in [-0.2, 0) is 23.2 Å². The van der Waals surface area contributed by atoms with E-state index in [-0.39, 0.29) is 0 Å². The van der Waals surface area contributed by atoms with Crippen LogP contribution in [-0.4, -0.2) is 17.3 Å². The van der Waals surface area contributed by atoms with Gasteiger partial charge in [-0.25, -0.2) is 0 Å². The Bertz CT molecular complexity index is 628. The number of nitrogens with zero attached hydrogens (tertiary/aromatic N) is 2. The number of nitrogen functional groups attached to an aromatic ring is 1. The Balaban J connectivity index is 2.03. The van der Waals surface area contributed by atoms with E-state index < -0.39 is 5.60 Å². The van der Waals surface area contributed by atoms with Crippen molar-refractivity contribution in [2.45, 2.75) is 45.1 Å². The zero-order valence-corrected chi connectivity index (χ0v) is 12.8. The molecular weight excluding hydrogens is 274 g/mol. The molecule has 0 aliphatic heterocycles. The molecule has 2 heterocycles. The zero-order chi connectivity index (χ0) is 14.3. The Morgan fingerprint density at radius 2 is 2.25 bits per heavy atom. The quantitative estimate of drug-likeness (QED) is 0.937. The van der Waals surface area contributed by atoms with E-state index in [1.54, 1.807) is 18.4 Å². The van der Waals surface area contributed by atoms with Gasteiger partial charge in [0.25, 0.3) is 5.89 Å².